The highest BCUT2D eigenvalue weighted by molar-refractivity contribution is 5.91. The third-order valence-corrected chi connectivity index (χ3v) is 11.7. The van der Waals surface area contributed by atoms with Gasteiger partial charge in [-0.3, -0.25) is 9.97 Å². The van der Waals surface area contributed by atoms with Crippen molar-refractivity contribution in [3.05, 3.63) is 177 Å². The van der Waals surface area contributed by atoms with Gasteiger partial charge in [-0.05, 0) is 134 Å². The van der Waals surface area contributed by atoms with Crippen LogP contribution in [-0.2, 0) is 35.4 Å². The quantitative estimate of drug-likeness (QED) is 0.116. The number of hydrogen-bond acceptors (Lipinski definition) is 10. The normalized spacial score (nSPS) is 15.0. The highest BCUT2D eigenvalue weighted by atomic mass is 16.5. The van der Waals surface area contributed by atoms with Crippen molar-refractivity contribution >= 4 is 34.7 Å². The summed E-state index contributed by atoms with van der Waals surface area (Å²) < 4.78 is 9.79. The standard InChI is InChI=1S/2C25H27N3O2/c2*1-17-4-7-20(8-5-17)28(2)21-9-10-22-19(14-21)16-27-24(22)11-6-18-15-26-13-12-23(18)25(29)30-3/h2*4-5,7-10,12-15,24,27H,6,11,16H2,1-3H3/t2*24-/m10/s1. The Hall–Kier alpha value is -6.36. The predicted octanol–water partition coefficient (Wildman–Crippen LogP) is 9.44. The van der Waals surface area contributed by atoms with E-state index < -0.39 is 0 Å². The van der Waals surface area contributed by atoms with Crippen LogP contribution in [0.25, 0.3) is 0 Å². The lowest BCUT2D eigenvalue weighted by Gasteiger charge is -2.21. The Balaban J connectivity index is 0.000000181. The van der Waals surface area contributed by atoms with Crippen molar-refractivity contribution < 1.29 is 19.1 Å². The smallest absolute Gasteiger partial charge is 0.338 e. The molecule has 8 rings (SSSR count). The number of fused-ring (bicyclic) bond motifs is 2. The number of hydrogen-bond donors (Lipinski definition) is 2. The molecule has 60 heavy (non-hydrogen) atoms. The van der Waals surface area contributed by atoms with Crippen LogP contribution < -0.4 is 20.4 Å². The fourth-order valence-corrected chi connectivity index (χ4v) is 8.09. The van der Waals surface area contributed by atoms with E-state index in [0.29, 0.717) is 11.1 Å². The maximum absolute atomic E-state index is 12.0. The molecule has 0 radical (unpaired) electrons. The Morgan fingerprint density at radius 2 is 0.967 bits per heavy atom. The molecule has 2 aliphatic heterocycles. The molecular formula is C50H54N6O4. The molecule has 0 bridgehead atoms. The Bertz CT molecular complexity index is 2260. The first-order valence-electron chi connectivity index (χ1n) is 20.5. The van der Waals surface area contributed by atoms with Gasteiger partial charge >= 0.3 is 11.9 Å². The lowest BCUT2D eigenvalue weighted by molar-refractivity contribution is 0.0590. The molecule has 0 spiro atoms. The topological polar surface area (TPSA) is 109 Å². The van der Waals surface area contributed by atoms with Crippen LogP contribution in [0.15, 0.2) is 122 Å². The Labute approximate surface area is 353 Å². The van der Waals surface area contributed by atoms with Crippen LogP contribution in [-0.4, -0.2) is 50.2 Å². The van der Waals surface area contributed by atoms with E-state index in [0.717, 1.165) is 49.9 Å². The molecule has 2 atom stereocenters. The van der Waals surface area contributed by atoms with Crippen LogP contribution in [0.1, 0.15) is 90.1 Å². The van der Waals surface area contributed by atoms with Crippen molar-refractivity contribution in [1.82, 2.24) is 20.6 Å². The summed E-state index contributed by atoms with van der Waals surface area (Å²) in [5.74, 6) is -0.619. The molecule has 10 heteroatoms. The predicted molar refractivity (Wildman–Crippen MR) is 238 cm³/mol. The van der Waals surface area contributed by atoms with Crippen molar-refractivity contribution in [1.29, 1.82) is 0 Å². The molecule has 4 heterocycles. The van der Waals surface area contributed by atoms with Gasteiger partial charge in [0.05, 0.1) is 25.3 Å². The van der Waals surface area contributed by atoms with E-state index in [4.69, 9.17) is 9.47 Å². The van der Waals surface area contributed by atoms with Crippen LogP contribution in [0.3, 0.4) is 0 Å². The molecule has 0 unspecified atom stereocenters. The molecule has 0 saturated carbocycles. The summed E-state index contributed by atoms with van der Waals surface area (Å²) in [7, 11) is 7.02. The van der Waals surface area contributed by atoms with E-state index in [-0.39, 0.29) is 24.0 Å². The zero-order chi connectivity index (χ0) is 42.2. The monoisotopic (exact) mass is 802 g/mol. The number of methoxy groups -OCH3 is 2. The van der Waals surface area contributed by atoms with E-state index in [2.05, 4.69) is 143 Å². The Morgan fingerprint density at radius 1 is 0.583 bits per heavy atom. The zero-order valence-electron chi connectivity index (χ0n) is 35.4. The maximum atomic E-state index is 12.0. The molecule has 0 amide bonds. The summed E-state index contributed by atoms with van der Waals surface area (Å²) in [6.07, 6.45) is 10.1. The number of benzene rings is 4. The van der Waals surface area contributed by atoms with Gasteiger partial charge < -0.3 is 29.9 Å². The van der Waals surface area contributed by atoms with E-state index in [1.54, 1.807) is 36.9 Å². The van der Waals surface area contributed by atoms with Crippen molar-refractivity contribution in [3.8, 4) is 0 Å². The van der Waals surface area contributed by atoms with Crippen molar-refractivity contribution in [2.45, 2.75) is 64.7 Å². The van der Waals surface area contributed by atoms with E-state index in [1.807, 2.05) is 0 Å². The van der Waals surface area contributed by atoms with Crippen LogP contribution in [0.5, 0.6) is 0 Å². The van der Waals surface area contributed by atoms with Crippen molar-refractivity contribution in [2.24, 2.45) is 0 Å². The van der Waals surface area contributed by atoms with Crippen molar-refractivity contribution in [2.75, 3.05) is 38.1 Å². The maximum Gasteiger partial charge on any atom is 0.338 e. The fraction of sp³-hybridized carbons (Fsp3) is 0.280. The molecule has 0 aliphatic carbocycles. The van der Waals surface area contributed by atoms with E-state index in [9.17, 15) is 9.59 Å². The summed E-state index contributed by atoms with van der Waals surface area (Å²) in [4.78, 5) is 36.8. The first-order chi connectivity index (χ1) is 29.1. The molecular weight excluding hydrogens is 749 g/mol. The number of nitrogens with one attached hydrogen (secondary N) is 2. The number of carbonyl (C=O) groups excluding carboxylic acids is 2. The minimum absolute atomic E-state index is 0.268. The number of carbonyl (C=O) groups is 2. The number of rotatable bonds is 12. The van der Waals surface area contributed by atoms with E-state index >= 15 is 0 Å². The minimum atomic E-state index is -0.309. The number of anilines is 4. The number of aryl methyl sites for hydroxylation is 4. The summed E-state index contributed by atoms with van der Waals surface area (Å²) in [6.45, 7) is 5.91. The number of nitrogens with zero attached hydrogens (tertiary/aromatic N) is 4. The average Bonchev–Trinajstić information content (AvgIpc) is 3.90. The molecule has 2 N–H and O–H groups in total. The van der Waals surface area contributed by atoms with Gasteiger partial charge in [-0.2, -0.15) is 0 Å². The second kappa shape index (κ2) is 19.1. The SMILES string of the molecule is COC(=O)c1ccncc1CC[C@@H]1NCc2cc(N(C)c3ccc(C)cc3)ccc21.COC(=O)c1ccncc1CC[C@H]1NCc2cc(N(C)c3ccc(C)cc3)ccc21. The summed E-state index contributed by atoms with van der Waals surface area (Å²) in [5.41, 5.74) is 15.6. The van der Waals surface area contributed by atoms with Gasteiger partial charge in [-0.25, -0.2) is 9.59 Å². The van der Waals surface area contributed by atoms with Crippen LogP contribution in [0, 0.1) is 13.8 Å². The summed E-state index contributed by atoms with van der Waals surface area (Å²) >= 11 is 0. The molecule has 2 aliphatic rings. The molecule has 2 aromatic heterocycles. The molecule has 0 fully saturated rings. The van der Waals surface area contributed by atoms with Gasteiger partial charge in [-0.1, -0.05) is 47.5 Å². The highest BCUT2D eigenvalue weighted by Crippen LogP contribution is 2.35. The van der Waals surface area contributed by atoms with Gasteiger partial charge in [0.25, 0.3) is 0 Å². The Kier molecular flexibility index (Phi) is 13.3. The first-order valence-corrected chi connectivity index (χ1v) is 20.5. The van der Waals surface area contributed by atoms with Gasteiger partial charge in [0.2, 0.25) is 0 Å². The number of pyridine rings is 2. The lowest BCUT2D eigenvalue weighted by atomic mass is 9.97. The lowest BCUT2D eigenvalue weighted by Crippen LogP contribution is -2.14. The number of aromatic nitrogens is 2. The molecule has 10 nitrogen and oxygen atoms in total. The largest absolute Gasteiger partial charge is 0.465 e. The van der Waals surface area contributed by atoms with Gasteiger partial charge in [0.15, 0.2) is 0 Å². The second-order valence-electron chi connectivity index (χ2n) is 15.5. The van der Waals surface area contributed by atoms with Gasteiger partial charge in [0, 0.05) is 86.8 Å². The molecule has 6 aromatic rings. The summed E-state index contributed by atoms with van der Waals surface area (Å²) in [5, 5.41) is 7.23. The average molecular weight is 803 g/mol. The fourth-order valence-electron chi connectivity index (χ4n) is 8.09. The van der Waals surface area contributed by atoms with Crippen LogP contribution in [0.4, 0.5) is 22.7 Å². The van der Waals surface area contributed by atoms with E-state index in [1.165, 1.54) is 70.3 Å². The van der Waals surface area contributed by atoms with Crippen LogP contribution in [0.2, 0.25) is 0 Å². The third-order valence-electron chi connectivity index (χ3n) is 11.7. The molecule has 0 saturated heterocycles. The van der Waals surface area contributed by atoms with Crippen molar-refractivity contribution in [3.63, 3.8) is 0 Å². The van der Waals surface area contributed by atoms with Crippen LogP contribution >= 0.6 is 0 Å². The number of esters is 2. The summed E-state index contributed by atoms with van der Waals surface area (Å²) in [6, 6.07) is 34.5. The minimum Gasteiger partial charge on any atom is -0.465 e. The highest BCUT2D eigenvalue weighted by Gasteiger charge is 2.25. The number of ether oxygens (including phenoxy) is 2. The first kappa shape index (κ1) is 41.8. The third kappa shape index (κ3) is 9.57. The molecule has 308 valence electrons. The van der Waals surface area contributed by atoms with Gasteiger partial charge in [0.1, 0.15) is 0 Å². The zero-order valence-corrected chi connectivity index (χ0v) is 35.4. The molecule has 4 aromatic carbocycles. The second-order valence-corrected chi connectivity index (χ2v) is 15.5. The Morgan fingerprint density at radius 3 is 1.35 bits per heavy atom. The van der Waals surface area contributed by atoms with Gasteiger partial charge in [-0.15, -0.1) is 0 Å².